The molecule has 0 amide bonds. The minimum atomic E-state index is 0.154. The molecule has 0 aromatic heterocycles. The van der Waals surface area contributed by atoms with Gasteiger partial charge in [-0.05, 0) is 56.6 Å². The fourth-order valence-electron chi connectivity index (χ4n) is 5.66. The van der Waals surface area contributed by atoms with Gasteiger partial charge >= 0.3 is 0 Å². The van der Waals surface area contributed by atoms with Gasteiger partial charge in [0, 0.05) is 17.2 Å². The highest BCUT2D eigenvalue weighted by atomic mass is 14.6. The van der Waals surface area contributed by atoms with Gasteiger partial charge in [0.25, 0.3) is 0 Å². The summed E-state index contributed by atoms with van der Waals surface area (Å²) in [5, 5.41) is 2.54. The molecular weight excluding hydrogens is 470 g/mol. The number of nitrogen functional groups attached to an aromatic ring is 1. The summed E-state index contributed by atoms with van der Waals surface area (Å²) in [5.41, 5.74) is 16.9. The van der Waals surface area contributed by atoms with Crippen molar-refractivity contribution in [3.05, 3.63) is 168 Å². The van der Waals surface area contributed by atoms with E-state index in [9.17, 15) is 0 Å². The Morgan fingerprint density at radius 2 is 1.08 bits per heavy atom. The smallest absolute Gasteiger partial charge is 0.0467 e. The molecule has 0 aliphatic rings. The average molecular weight is 502 g/mol. The molecule has 0 saturated carbocycles. The zero-order valence-electron chi connectivity index (χ0n) is 22.1. The van der Waals surface area contributed by atoms with Crippen LogP contribution in [0.1, 0.15) is 35.1 Å². The molecule has 0 bridgehead atoms. The number of benzene rings is 6. The van der Waals surface area contributed by atoms with Crippen LogP contribution in [0, 0.1) is 0 Å². The van der Waals surface area contributed by atoms with E-state index < -0.39 is 0 Å². The summed E-state index contributed by atoms with van der Waals surface area (Å²) in [4.78, 5) is 0. The molecule has 0 aliphatic carbocycles. The van der Waals surface area contributed by atoms with Crippen LogP contribution in [0.3, 0.4) is 0 Å². The highest BCUT2D eigenvalue weighted by Gasteiger charge is 2.20. The highest BCUT2D eigenvalue weighted by Crippen LogP contribution is 2.40. The lowest BCUT2D eigenvalue weighted by Gasteiger charge is -2.22. The summed E-state index contributed by atoms with van der Waals surface area (Å²) in [7, 11) is 0. The van der Waals surface area contributed by atoms with Gasteiger partial charge in [0.1, 0.15) is 0 Å². The number of hydrogen-bond acceptors (Lipinski definition) is 1. The van der Waals surface area contributed by atoms with Crippen LogP contribution in [0.4, 0.5) is 5.69 Å². The lowest BCUT2D eigenvalue weighted by atomic mass is 9.81. The van der Waals surface area contributed by atoms with Crippen molar-refractivity contribution < 1.29 is 0 Å². The molecule has 0 unspecified atom stereocenters. The zero-order valence-corrected chi connectivity index (χ0v) is 22.1. The van der Waals surface area contributed by atoms with Crippen molar-refractivity contribution in [2.45, 2.75) is 12.8 Å². The van der Waals surface area contributed by atoms with Gasteiger partial charge in [0.2, 0.25) is 0 Å². The summed E-state index contributed by atoms with van der Waals surface area (Å²) < 4.78 is 0. The summed E-state index contributed by atoms with van der Waals surface area (Å²) in [5.74, 6) is 0.154. The maximum absolute atomic E-state index is 6.51. The summed E-state index contributed by atoms with van der Waals surface area (Å²) in [6, 6.07) is 50.0. The second-order valence-electron chi connectivity index (χ2n) is 9.89. The molecule has 6 aromatic rings. The Kier molecular flexibility index (Phi) is 6.80. The normalized spacial score (nSPS) is 11.4. The van der Waals surface area contributed by atoms with Gasteiger partial charge in [-0.3, -0.25) is 0 Å². The molecule has 1 nitrogen and oxygen atoms in total. The van der Waals surface area contributed by atoms with E-state index in [2.05, 4.69) is 146 Å². The third kappa shape index (κ3) is 4.76. The van der Waals surface area contributed by atoms with Gasteiger partial charge in [-0.2, -0.15) is 0 Å². The molecule has 0 radical (unpaired) electrons. The molecule has 1 heteroatoms. The first-order valence-corrected chi connectivity index (χ1v) is 13.5. The van der Waals surface area contributed by atoms with E-state index in [0.29, 0.717) is 0 Å². The van der Waals surface area contributed by atoms with Crippen LogP contribution >= 0.6 is 0 Å². The van der Waals surface area contributed by atoms with Crippen LogP contribution in [0.25, 0.3) is 39.1 Å². The Hall–Kier alpha value is -4.88. The largest absolute Gasteiger partial charge is 0.398 e. The molecule has 0 heterocycles. The van der Waals surface area contributed by atoms with Crippen molar-refractivity contribution in [2.75, 3.05) is 5.73 Å². The minimum absolute atomic E-state index is 0.154. The molecule has 0 aliphatic heterocycles. The summed E-state index contributed by atoms with van der Waals surface area (Å²) in [6.45, 7) is 2.01. The Morgan fingerprint density at radius 1 is 0.513 bits per heavy atom. The van der Waals surface area contributed by atoms with Gasteiger partial charge in [-0.25, -0.2) is 0 Å². The van der Waals surface area contributed by atoms with Crippen LogP contribution < -0.4 is 5.73 Å². The zero-order chi connectivity index (χ0) is 26.6. The second kappa shape index (κ2) is 10.8. The molecule has 39 heavy (non-hydrogen) atoms. The van der Waals surface area contributed by atoms with Crippen molar-refractivity contribution in [1.82, 2.24) is 0 Å². The molecule has 0 spiro atoms. The van der Waals surface area contributed by atoms with Gasteiger partial charge in [0.15, 0.2) is 0 Å². The number of allylic oxidation sites excluding steroid dienone is 1. The molecule has 0 atom stereocenters. The van der Waals surface area contributed by atoms with Gasteiger partial charge in [0.05, 0.1) is 0 Å². The number of rotatable bonds is 6. The summed E-state index contributed by atoms with van der Waals surface area (Å²) in [6.07, 6.45) is 4.08. The third-order valence-corrected chi connectivity index (χ3v) is 7.53. The Labute approximate surface area is 230 Å². The SMILES string of the molecule is C/C=C\c1cccc(-c2ccc(-c3ccc(C(c4ccccc4)c4ccccc4)c4ccccc34)cc2)c1N. The van der Waals surface area contributed by atoms with Crippen molar-refractivity contribution in [3.63, 3.8) is 0 Å². The Morgan fingerprint density at radius 3 is 1.69 bits per heavy atom. The topological polar surface area (TPSA) is 26.0 Å². The lowest BCUT2D eigenvalue weighted by molar-refractivity contribution is 0.989. The van der Waals surface area contributed by atoms with Crippen molar-refractivity contribution in [1.29, 1.82) is 0 Å². The number of para-hydroxylation sites is 1. The van der Waals surface area contributed by atoms with E-state index in [1.807, 2.05) is 13.0 Å². The molecule has 0 fully saturated rings. The maximum Gasteiger partial charge on any atom is 0.0467 e. The molecule has 6 aromatic carbocycles. The van der Waals surface area contributed by atoms with Crippen LogP contribution in [0.2, 0.25) is 0 Å². The predicted octanol–water partition coefficient (Wildman–Crippen LogP) is 9.97. The first-order valence-electron chi connectivity index (χ1n) is 13.5. The first-order chi connectivity index (χ1) is 19.2. The number of nitrogens with two attached hydrogens (primary N) is 1. The van der Waals surface area contributed by atoms with E-state index >= 15 is 0 Å². The van der Waals surface area contributed by atoms with E-state index in [-0.39, 0.29) is 5.92 Å². The Balaban J connectivity index is 1.45. The maximum atomic E-state index is 6.51. The third-order valence-electron chi connectivity index (χ3n) is 7.53. The number of fused-ring (bicyclic) bond motifs is 1. The standard InChI is InChI=1S/C38H31N/c1-2-12-31-17-11-20-33(38(31)39)28-23-21-27(22-24-28)32-25-26-36(35-19-10-9-18-34(32)35)37(29-13-5-3-6-14-29)30-15-7-4-8-16-30/h2-26,37H,39H2,1H3/b12-2-. The van der Waals surface area contributed by atoms with Gasteiger partial charge in [-0.15, -0.1) is 0 Å². The molecule has 188 valence electrons. The first kappa shape index (κ1) is 24.5. The fourth-order valence-corrected chi connectivity index (χ4v) is 5.66. The van der Waals surface area contributed by atoms with E-state index in [1.165, 1.54) is 38.6 Å². The van der Waals surface area contributed by atoms with Crippen LogP contribution in [0.15, 0.2) is 146 Å². The molecule has 2 N–H and O–H groups in total. The van der Waals surface area contributed by atoms with Gasteiger partial charge in [-0.1, -0.05) is 152 Å². The van der Waals surface area contributed by atoms with Crippen molar-refractivity contribution in [2.24, 2.45) is 0 Å². The highest BCUT2D eigenvalue weighted by molar-refractivity contribution is 5.99. The summed E-state index contributed by atoms with van der Waals surface area (Å²) >= 11 is 0. The number of anilines is 1. The monoisotopic (exact) mass is 501 g/mol. The fraction of sp³-hybridized carbons (Fsp3) is 0.0526. The van der Waals surface area contributed by atoms with Gasteiger partial charge < -0.3 is 5.73 Å². The minimum Gasteiger partial charge on any atom is -0.398 e. The van der Waals surface area contributed by atoms with Crippen molar-refractivity contribution >= 4 is 22.5 Å². The Bertz CT molecular complexity index is 1710. The number of hydrogen-bond donors (Lipinski definition) is 1. The van der Waals surface area contributed by atoms with E-state index in [1.54, 1.807) is 0 Å². The van der Waals surface area contributed by atoms with Crippen molar-refractivity contribution in [3.8, 4) is 22.3 Å². The molecule has 6 rings (SSSR count). The predicted molar refractivity (Wildman–Crippen MR) is 168 cm³/mol. The van der Waals surface area contributed by atoms with Crippen LogP contribution in [0.5, 0.6) is 0 Å². The lowest BCUT2D eigenvalue weighted by Crippen LogP contribution is -2.04. The molecule has 0 saturated heterocycles. The van der Waals surface area contributed by atoms with E-state index in [4.69, 9.17) is 5.73 Å². The second-order valence-corrected chi connectivity index (χ2v) is 9.89. The van der Waals surface area contributed by atoms with Crippen LogP contribution in [-0.4, -0.2) is 0 Å². The van der Waals surface area contributed by atoms with E-state index in [0.717, 1.165) is 22.4 Å². The average Bonchev–Trinajstić information content (AvgIpc) is 3.00. The van der Waals surface area contributed by atoms with Crippen LogP contribution in [-0.2, 0) is 0 Å². The molecular formula is C38H31N. The quantitative estimate of drug-likeness (QED) is 0.178.